The van der Waals surface area contributed by atoms with Crippen LogP contribution in [0, 0.1) is 0 Å². The molecule has 0 spiro atoms. The second-order valence-corrected chi connectivity index (χ2v) is 7.95. The quantitative estimate of drug-likeness (QED) is 0.695. The number of hydrogen-bond acceptors (Lipinski definition) is 6. The van der Waals surface area contributed by atoms with E-state index in [1.807, 2.05) is 42.3 Å². The number of rotatable bonds is 5. The predicted octanol–water partition coefficient (Wildman–Crippen LogP) is 3.17. The van der Waals surface area contributed by atoms with Crippen LogP contribution in [0.5, 0.6) is 0 Å². The number of piperazine rings is 1. The van der Waals surface area contributed by atoms with Gasteiger partial charge in [-0.3, -0.25) is 9.80 Å². The summed E-state index contributed by atoms with van der Waals surface area (Å²) in [4.78, 5) is 29.3. The number of nitrogens with zero attached hydrogens (tertiary/aromatic N) is 4. The van der Waals surface area contributed by atoms with Gasteiger partial charge in [-0.25, -0.2) is 4.79 Å². The first-order valence-electron chi connectivity index (χ1n) is 10.7. The van der Waals surface area contributed by atoms with Gasteiger partial charge in [0.15, 0.2) is 6.10 Å². The van der Waals surface area contributed by atoms with Gasteiger partial charge in [0.2, 0.25) is 0 Å². The van der Waals surface area contributed by atoms with E-state index in [-0.39, 0.29) is 5.91 Å². The van der Waals surface area contributed by atoms with E-state index in [2.05, 4.69) is 22.1 Å². The number of benzene rings is 2. The summed E-state index contributed by atoms with van der Waals surface area (Å²) in [6.45, 7) is 7.23. The first-order valence-corrected chi connectivity index (χ1v) is 10.7. The average Bonchev–Trinajstić information content (AvgIpc) is 3.25. The smallest absolute Gasteiger partial charge is 0.338 e. The molecular formula is C24H28N4O3. The fraction of sp³-hybridized carbons (Fsp3) is 0.375. The molecule has 7 heteroatoms. The Morgan fingerprint density at radius 3 is 2.19 bits per heavy atom. The van der Waals surface area contributed by atoms with Gasteiger partial charge in [0.05, 0.1) is 11.3 Å². The summed E-state index contributed by atoms with van der Waals surface area (Å²) in [5.41, 5.74) is 3.62. The summed E-state index contributed by atoms with van der Waals surface area (Å²) in [5, 5.41) is 6.38. The van der Waals surface area contributed by atoms with Crippen LogP contribution in [0.4, 0.5) is 11.4 Å². The number of carbonyl (C=O) groups is 2. The highest BCUT2D eigenvalue weighted by molar-refractivity contribution is 5.92. The number of hydrazone groups is 1. The molecule has 0 aromatic heterocycles. The zero-order chi connectivity index (χ0) is 21.8. The number of amides is 1. The van der Waals surface area contributed by atoms with E-state index in [1.165, 1.54) is 0 Å². The maximum absolute atomic E-state index is 12.8. The van der Waals surface area contributed by atoms with Crippen molar-refractivity contribution < 1.29 is 14.3 Å². The van der Waals surface area contributed by atoms with Crippen LogP contribution in [0.15, 0.2) is 59.7 Å². The van der Waals surface area contributed by atoms with Crippen LogP contribution in [0.1, 0.15) is 30.6 Å². The molecule has 2 aromatic carbocycles. The number of carbonyl (C=O) groups excluding carboxylic acids is 2. The maximum atomic E-state index is 12.8. The molecule has 2 aromatic rings. The van der Waals surface area contributed by atoms with Gasteiger partial charge in [-0.2, -0.15) is 5.10 Å². The van der Waals surface area contributed by atoms with Crippen LogP contribution in [0.25, 0.3) is 0 Å². The summed E-state index contributed by atoms with van der Waals surface area (Å²) in [6.07, 6.45) is 0.129. The van der Waals surface area contributed by atoms with Crippen LogP contribution >= 0.6 is 0 Å². The summed E-state index contributed by atoms with van der Waals surface area (Å²) < 4.78 is 5.46. The standard InChI is InChI=1S/C24H28N4O3/c1-18-12-13-28(25-18)22-10-8-20(9-11-22)24(30)31-19(2)23(29)27-16-14-26(15-17-27)21-6-4-3-5-7-21/h3-11,19H,12-17H2,1-2H3/t19-/m1/s1. The van der Waals surface area contributed by atoms with Gasteiger partial charge in [-0.05, 0) is 50.2 Å². The Morgan fingerprint density at radius 1 is 0.903 bits per heavy atom. The van der Waals surface area contributed by atoms with Gasteiger partial charge in [-0.15, -0.1) is 0 Å². The second kappa shape index (κ2) is 9.20. The molecule has 2 aliphatic heterocycles. The van der Waals surface area contributed by atoms with Crippen molar-refractivity contribution in [3.8, 4) is 0 Å². The van der Waals surface area contributed by atoms with Gasteiger partial charge < -0.3 is 14.5 Å². The molecule has 2 heterocycles. The number of anilines is 2. The number of ether oxygens (including phenoxy) is 1. The fourth-order valence-electron chi connectivity index (χ4n) is 3.89. The van der Waals surface area contributed by atoms with Crippen molar-refractivity contribution in [2.75, 3.05) is 42.6 Å². The first kappa shape index (κ1) is 20.9. The summed E-state index contributed by atoms with van der Waals surface area (Å²) in [7, 11) is 0. The molecule has 1 atom stereocenters. The van der Waals surface area contributed by atoms with Crippen LogP contribution in [0.2, 0.25) is 0 Å². The predicted molar refractivity (Wildman–Crippen MR) is 122 cm³/mol. The number of esters is 1. The molecule has 0 bridgehead atoms. The Kier molecular flexibility index (Phi) is 6.21. The van der Waals surface area contributed by atoms with Crippen LogP contribution in [-0.2, 0) is 9.53 Å². The zero-order valence-corrected chi connectivity index (χ0v) is 18.0. The van der Waals surface area contributed by atoms with E-state index < -0.39 is 12.1 Å². The summed E-state index contributed by atoms with van der Waals surface area (Å²) in [5.74, 6) is -0.643. The van der Waals surface area contributed by atoms with Gasteiger partial charge in [0, 0.05) is 50.5 Å². The van der Waals surface area contributed by atoms with Crippen LogP contribution < -0.4 is 9.91 Å². The molecular weight excluding hydrogens is 392 g/mol. The van der Waals surface area contributed by atoms with E-state index in [9.17, 15) is 9.59 Å². The monoisotopic (exact) mass is 420 g/mol. The molecule has 1 fully saturated rings. The minimum Gasteiger partial charge on any atom is -0.449 e. The average molecular weight is 421 g/mol. The second-order valence-electron chi connectivity index (χ2n) is 7.95. The van der Waals surface area contributed by atoms with Crippen molar-refractivity contribution in [3.05, 3.63) is 60.2 Å². The third-order valence-corrected chi connectivity index (χ3v) is 5.72. The Morgan fingerprint density at radius 2 is 1.58 bits per heavy atom. The Hall–Kier alpha value is -3.35. The maximum Gasteiger partial charge on any atom is 0.338 e. The largest absolute Gasteiger partial charge is 0.449 e. The fourth-order valence-corrected chi connectivity index (χ4v) is 3.89. The van der Waals surface area contributed by atoms with Crippen molar-refractivity contribution in [1.29, 1.82) is 0 Å². The van der Waals surface area contributed by atoms with Crippen LogP contribution in [0.3, 0.4) is 0 Å². The van der Waals surface area contributed by atoms with E-state index in [4.69, 9.17) is 4.74 Å². The van der Waals surface area contributed by atoms with Gasteiger partial charge in [0.1, 0.15) is 0 Å². The molecule has 1 amide bonds. The lowest BCUT2D eigenvalue weighted by atomic mass is 10.2. The lowest BCUT2D eigenvalue weighted by molar-refractivity contribution is -0.140. The van der Waals surface area contributed by atoms with Crippen molar-refractivity contribution in [2.45, 2.75) is 26.4 Å². The molecule has 4 rings (SSSR count). The van der Waals surface area contributed by atoms with Gasteiger partial charge >= 0.3 is 5.97 Å². The van der Waals surface area contributed by atoms with Crippen LogP contribution in [-0.4, -0.2) is 61.3 Å². The molecule has 0 unspecified atom stereocenters. The van der Waals surface area contributed by atoms with E-state index in [1.54, 1.807) is 24.0 Å². The Bertz CT molecular complexity index is 951. The topological polar surface area (TPSA) is 65.5 Å². The molecule has 0 saturated carbocycles. The Labute approximate surface area is 182 Å². The SMILES string of the molecule is CC1=NN(c2ccc(C(=O)O[C@H](C)C(=O)N3CCN(c4ccccc4)CC3)cc2)CC1. The minimum atomic E-state index is -0.818. The highest BCUT2D eigenvalue weighted by Gasteiger charge is 2.27. The van der Waals surface area contributed by atoms with Crippen molar-refractivity contribution in [2.24, 2.45) is 5.10 Å². The summed E-state index contributed by atoms with van der Waals surface area (Å²) >= 11 is 0. The minimum absolute atomic E-state index is 0.153. The van der Waals surface area contributed by atoms with Crippen molar-refractivity contribution >= 4 is 29.0 Å². The molecule has 0 radical (unpaired) electrons. The third-order valence-electron chi connectivity index (χ3n) is 5.72. The van der Waals surface area contributed by atoms with E-state index >= 15 is 0 Å². The lowest BCUT2D eigenvalue weighted by Crippen LogP contribution is -2.51. The molecule has 1 saturated heterocycles. The number of hydrogen-bond donors (Lipinski definition) is 0. The lowest BCUT2D eigenvalue weighted by Gasteiger charge is -2.37. The molecule has 0 aliphatic carbocycles. The molecule has 7 nitrogen and oxygen atoms in total. The number of para-hydroxylation sites is 1. The van der Waals surface area contributed by atoms with E-state index in [0.29, 0.717) is 18.7 Å². The van der Waals surface area contributed by atoms with Gasteiger partial charge in [-0.1, -0.05) is 18.2 Å². The molecule has 31 heavy (non-hydrogen) atoms. The highest BCUT2D eigenvalue weighted by atomic mass is 16.5. The Balaban J connectivity index is 1.29. The molecule has 162 valence electrons. The third kappa shape index (κ3) is 4.87. The first-order chi connectivity index (χ1) is 15.0. The zero-order valence-electron chi connectivity index (χ0n) is 18.0. The molecule has 2 aliphatic rings. The van der Waals surface area contributed by atoms with E-state index in [0.717, 1.165) is 43.1 Å². The van der Waals surface area contributed by atoms with Gasteiger partial charge in [0.25, 0.3) is 5.91 Å². The normalized spacial score (nSPS) is 17.4. The summed E-state index contributed by atoms with van der Waals surface area (Å²) in [6, 6.07) is 17.3. The molecule has 0 N–H and O–H groups in total. The van der Waals surface area contributed by atoms with Crippen molar-refractivity contribution in [1.82, 2.24) is 4.90 Å². The highest BCUT2D eigenvalue weighted by Crippen LogP contribution is 2.21. The van der Waals surface area contributed by atoms with Crippen molar-refractivity contribution in [3.63, 3.8) is 0 Å².